The van der Waals surface area contributed by atoms with Crippen LogP contribution in [-0.4, -0.2) is 74.1 Å². The second-order valence-corrected chi connectivity index (χ2v) is 15.6. The van der Waals surface area contributed by atoms with E-state index in [1.807, 2.05) is 45.2 Å². The summed E-state index contributed by atoms with van der Waals surface area (Å²) < 4.78 is 36.0. The lowest BCUT2D eigenvalue weighted by molar-refractivity contribution is 0.171. The maximum absolute atomic E-state index is 11.3. The van der Waals surface area contributed by atoms with Gasteiger partial charge in [-0.3, -0.25) is 18.8 Å². The van der Waals surface area contributed by atoms with Gasteiger partial charge in [-0.25, -0.2) is 0 Å². The van der Waals surface area contributed by atoms with Gasteiger partial charge in [-0.2, -0.15) is 5.10 Å². The van der Waals surface area contributed by atoms with Crippen molar-refractivity contribution in [2.24, 2.45) is 5.10 Å². The molecule has 0 aliphatic heterocycles. The van der Waals surface area contributed by atoms with Crippen LogP contribution < -0.4 is 9.47 Å². The zero-order valence-electron chi connectivity index (χ0n) is 21.8. The summed E-state index contributed by atoms with van der Waals surface area (Å²) in [5.41, 5.74) is 1.74. The third kappa shape index (κ3) is 11.3. The molecule has 0 saturated carbocycles. The zero-order chi connectivity index (χ0) is 28.6. The molecule has 2 aromatic rings. The molecular formula is C23H36N3O8P3S. The van der Waals surface area contributed by atoms with Gasteiger partial charge in [0.05, 0.1) is 20.2 Å². The SMILES string of the molecule is CCC(C)(Oc1ccc(CCN(CP(=O)(O)O)CP(=O)(O)O)cc1)[PH](=S)N(C)N=Cc1ccc(OC)cc1. The monoisotopic (exact) mass is 607 g/mol. The highest BCUT2D eigenvalue weighted by Crippen LogP contribution is 2.45. The van der Waals surface area contributed by atoms with Gasteiger partial charge in [0.1, 0.15) is 29.4 Å². The summed E-state index contributed by atoms with van der Waals surface area (Å²) in [4.78, 5) is 38.0. The Morgan fingerprint density at radius 1 is 1.00 bits per heavy atom. The Morgan fingerprint density at radius 3 is 2.00 bits per heavy atom. The van der Waals surface area contributed by atoms with E-state index in [4.69, 9.17) is 21.3 Å². The molecule has 0 radical (unpaired) electrons. The molecule has 0 amide bonds. The number of nitrogens with zero attached hydrogens (tertiary/aromatic N) is 3. The van der Waals surface area contributed by atoms with Crippen LogP contribution in [0.2, 0.25) is 0 Å². The van der Waals surface area contributed by atoms with Crippen LogP contribution in [0.25, 0.3) is 0 Å². The van der Waals surface area contributed by atoms with Crippen molar-refractivity contribution in [2.45, 2.75) is 32.0 Å². The molecule has 0 aromatic heterocycles. The van der Waals surface area contributed by atoms with Gasteiger partial charge in [0.15, 0.2) is 0 Å². The van der Waals surface area contributed by atoms with E-state index < -0.39 is 40.0 Å². The van der Waals surface area contributed by atoms with E-state index in [1.54, 1.807) is 42.4 Å². The van der Waals surface area contributed by atoms with E-state index in [0.717, 1.165) is 21.8 Å². The van der Waals surface area contributed by atoms with E-state index >= 15 is 0 Å². The van der Waals surface area contributed by atoms with Crippen LogP contribution >= 0.6 is 22.0 Å². The number of methoxy groups -OCH3 is 1. The molecule has 0 bridgehead atoms. The molecule has 2 unspecified atom stereocenters. The van der Waals surface area contributed by atoms with Crippen LogP contribution in [-0.2, 0) is 27.4 Å². The van der Waals surface area contributed by atoms with Crippen LogP contribution in [0, 0.1) is 0 Å². The maximum Gasteiger partial charge on any atom is 0.339 e. The topological polar surface area (TPSA) is 152 Å². The third-order valence-corrected chi connectivity index (χ3v) is 11.4. The van der Waals surface area contributed by atoms with E-state index in [-0.39, 0.29) is 6.54 Å². The first-order chi connectivity index (χ1) is 17.6. The Morgan fingerprint density at radius 2 is 1.53 bits per heavy atom. The average Bonchev–Trinajstić information content (AvgIpc) is 2.84. The van der Waals surface area contributed by atoms with Crippen molar-refractivity contribution in [3.05, 3.63) is 59.7 Å². The number of benzene rings is 2. The molecule has 0 saturated heterocycles. The van der Waals surface area contributed by atoms with Crippen LogP contribution in [0.5, 0.6) is 11.5 Å². The van der Waals surface area contributed by atoms with Gasteiger partial charge in [-0.05, 0) is 67.3 Å². The van der Waals surface area contributed by atoms with Crippen LogP contribution in [0.3, 0.4) is 0 Å². The predicted octanol–water partition coefficient (Wildman–Crippen LogP) is 3.87. The molecular weight excluding hydrogens is 571 g/mol. The van der Waals surface area contributed by atoms with Crippen molar-refractivity contribution in [3.63, 3.8) is 0 Å². The smallest absolute Gasteiger partial charge is 0.339 e. The second kappa shape index (κ2) is 14.2. The fourth-order valence-electron chi connectivity index (χ4n) is 3.48. The number of hydrogen-bond donors (Lipinski definition) is 4. The molecule has 0 aliphatic carbocycles. The van der Waals surface area contributed by atoms with Gasteiger partial charge in [0, 0.05) is 13.6 Å². The molecule has 0 heterocycles. The van der Waals surface area contributed by atoms with E-state index in [1.165, 1.54) is 0 Å². The van der Waals surface area contributed by atoms with Crippen LogP contribution in [0.15, 0.2) is 53.6 Å². The van der Waals surface area contributed by atoms with Crippen molar-refractivity contribution in [2.75, 3.05) is 33.3 Å². The summed E-state index contributed by atoms with van der Waals surface area (Å²) in [5.74, 6) is 1.38. The lowest BCUT2D eigenvalue weighted by Crippen LogP contribution is -2.30. The number of rotatable bonds is 15. The minimum Gasteiger partial charge on any atom is -0.497 e. The molecule has 4 N–H and O–H groups in total. The Hall–Kier alpha value is -1.58. The normalized spacial score (nSPS) is 14.9. The Bertz CT molecular complexity index is 1160. The molecule has 11 nitrogen and oxygen atoms in total. The molecule has 2 aromatic carbocycles. The van der Waals surface area contributed by atoms with Gasteiger partial charge >= 0.3 is 15.2 Å². The molecule has 2 atom stereocenters. The highest BCUT2D eigenvalue weighted by Gasteiger charge is 2.31. The molecule has 0 aliphatic rings. The third-order valence-electron chi connectivity index (χ3n) is 5.67. The fraction of sp³-hybridized carbons (Fsp3) is 0.435. The molecule has 212 valence electrons. The molecule has 0 spiro atoms. The lowest BCUT2D eigenvalue weighted by Gasteiger charge is -2.34. The second-order valence-electron chi connectivity index (χ2n) is 8.93. The van der Waals surface area contributed by atoms with Crippen molar-refractivity contribution < 1.29 is 38.2 Å². The summed E-state index contributed by atoms with van der Waals surface area (Å²) in [5, 5.41) is 3.88. The van der Waals surface area contributed by atoms with Gasteiger partial charge in [0.25, 0.3) is 0 Å². The van der Waals surface area contributed by atoms with E-state index in [9.17, 15) is 28.7 Å². The number of hydrazone groups is 1. The number of ether oxygens (including phenoxy) is 2. The Labute approximate surface area is 229 Å². The fourth-order valence-corrected chi connectivity index (χ4v) is 7.22. The van der Waals surface area contributed by atoms with Gasteiger partial charge in [-0.1, -0.05) is 30.9 Å². The largest absolute Gasteiger partial charge is 0.497 e. The first-order valence-corrected chi connectivity index (χ1v) is 17.9. The average molecular weight is 608 g/mol. The summed E-state index contributed by atoms with van der Waals surface area (Å²) in [6, 6.07) is 14.7. The van der Waals surface area contributed by atoms with Gasteiger partial charge < -0.3 is 29.0 Å². The minimum atomic E-state index is -4.47. The predicted molar refractivity (Wildman–Crippen MR) is 154 cm³/mol. The van der Waals surface area contributed by atoms with Gasteiger partial charge in [0.2, 0.25) is 0 Å². The quantitative estimate of drug-likeness (QED) is 0.133. The number of hydrogen-bond acceptors (Lipinski definition) is 7. The molecule has 15 heteroatoms. The van der Waals surface area contributed by atoms with E-state index in [2.05, 4.69) is 5.10 Å². The summed E-state index contributed by atoms with van der Waals surface area (Å²) in [6.45, 7) is 2.35. The van der Waals surface area contributed by atoms with Crippen molar-refractivity contribution in [1.82, 2.24) is 9.68 Å². The highest BCUT2D eigenvalue weighted by atomic mass is 32.4. The van der Waals surface area contributed by atoms with Crippen LogP contribution in [0.4, 0.5) is 0 Å². The molecule has 0 fully saturated rings. The lowest BCUT2D eigenvalue weighted by atomic mass is 10.1. The minimum absolute atomic E-state index is 0.0688. The highest BCUT2D eigenvalue weighted by molar-refractivity contribution is 8.04. The van der Waals surface area contributed by atoms with Gasteiger partial charge in [-0.15, -0.1) is 0 Å². The standard InChI is InChI=1S/C23H36N3O8P3S/c1-5-23(2,35(38)25(3)24-16-20-8-10-21(33-4)11-9-20)34-22-12-6-19(7-13-22)14-15-26(17-36(27,28)29)18-37(30,31)32/h6-13,16,35H,5,14-15,17-18H2,1-4H3,(H2,27,28,29)(H2,30,31,32). The first kappa shape index (κ1) is 32.6. The Kier molecular flexibility index (Phi) is 12.2. The Balaban J connectivity index is 2.03. The van der Waals surface area contributed by atoms with Crippen molar-refractivity contribution in [1.29, 1.82) is 0 Å². The summed E-state index contributed by atoms with van der Waals surface area (Å²) >= 11 is 5.87. The molecule has 38 heavy (non-hydrogen) atoms. The van der Waals surface area contributed by atoms with Crippen LogP contribution in [0.1, 0.15) is 31.4 Å². The zero-order valence-corrected chi connectivity index (χ0v) is 25.4. The molecule has 2 rings (SSSR count). The first-order valence-electron chi connectivity index (χ1n) is 11.7. The maximum atomic E-state index is 11.3. The summed E-state index contributed by atoms with van der Waals surface area (Å²) in [6.07, 6.45) is 1.28. The van der Waals surface area contributed by atoms with Crippen molar-refractivity contribution >= 4 is 40.1 Å². The van der Waals surface area contributed by atoms with Crippen molar-refractivity contribution in [3.8, 4) is 11.5 Å². The summed E-state index contributed by atoms with van der Waals surface area (Å²) in [7, 11) is -5.49. The van der Waals surface area contributed by atoms with E-state index in [0.29, 0.717) is 18.6 Å².